The van der Waals surface area contributed by atoms with Crippen LogP contribution in [0.2, 0.25) is 5.02 Å². The molecule has 0 amide bonds. The molecular weight excluding hydrogens is 347 g/mol. The number of para-hydroxylation sites is 1. The number of hydrogen-bond donors (Lipinski definition) is 0. The Morgan fingerprint density at radius 1 is 1.11 bits per heavy atom. The third kappa shape index (κ3) is 2.27. The fraction of sp³-hybridized carbons (Fsp3) is 0.0714. The van der Waals surface area contributed by atoms with E-state index in [-0.39, 0.29) is 0 Å². The van der Waals surface area contributed by atoms with Gasteiger partial charge in [-0.25, -0.2) is 4.98 Å². The van der Waals surface area contributed by atoms with Crippen molar-refractivity contribution in [3.05, 3.63) is 57.8 Å². The van der Waals surface area contributed by atoms with Crippen LogP contribution in [0.25, 0.3) is 16.7 Å². The van der Waals surface area contributed by atoms with E-state index in [4.69, 9.17) is 23.2 Å². The van der Waals surface area contributed by atoms with E-state index in [2.05, 4.69) is 20.9 Å². The summed E-state index contributed by atoms with van der Waals surface area (Å²) in [6, 6.07) is 13.8. The lowest BCUT2D eigenvalue weighted by molar-refractivity contribution is 0.981. The fourth-order valence-corrected chi connectivity index (χ4v) is 2.74. The van der Waals surface area contributed by atoms with Gasteiger partial charge in [0.1, 0.15) is 11.3 Å². The summed E-state index contributed by atoms with van der Waals surface area (Å²) in [5.41, 5.74) is 2.76. The van der Waals surface area contributed by atoms with Crippen LogP contribution in [0.4, 0.5) is 0 Å². The highest BCUT2D eigenvalue weighted by Crippen LogP contribution is 2.28. The summed E-state index contributed by atoms with van der Waals surface area (Å²) in [6.07, 6.45) is 0. The summed E-state index contributed by atoms with van der Waals surface area (Å²) in [5.74, 6) is 1.12. The van der Waals surface area contributed by atoms with Gasteiger partial charge in [-0.2, -0.15) is 0 Å². The SMILES string of the molecule is ClCc1nc2c(Cl)cccc2n1-c1ccc(Br)cc1. The van der Waals surface area contributed by atoms with Gasteiger partial charge in [-0.1, -0.05) is 33.6 Å². The molecule has 1 heterocycles. The summed E-state index contributed by atoms with van der Waals surface area (Å²) < 4.78 is 3.06. The number of halogens is 3. The summed E-state index contributed by atoms with van der Waals surface area (Å²) in [6.45, 7) is 0. The molecule has 2 aromatic carbocycles. The van der Waals surface area contributed by atoms with Gasteiger partial charge in [-0.05, 0) is 36.4 Å². The highest BCUT2D eigenvalue weighted by Gasteiger charge is 2.13. The minimum absolute atomic E-state index is 0.334. The van der Waals surface area contributed by atoms with Crippen LogP contribution in [-0.2, 0) is 5.88 Å². The van der Waals surface area contributed by atoms with E-state index >= 15 is 0 Å². The average Bonchev–Trinajstić information content (AvgIpc) is 2.80. The largest absolute Gasteiger partial charge is 0.295 e. The molecule has 0 saturated heterocycles. The molecule has 0 bridgehead atoms. The van der Waals surface area contributed by atoms with Crippen LogP contribution in [0.15, 0.2) is 46.9 Å². The van der Waals surface area contributed by atoms with Crippen LogP contribution in [0, 0.1) is 0 Å². The lowest BCUT2D eigenvalue weighted by Gasteiger charge is -2.07. The minimum atomic E-state index is 0.334. The predicted octanol–water partition coefficient (Wildman–Crippen LogP) is 5.18. The molecule has 5 heteroatoms. The van der Waals surface area contributed by atoms with E-state index in [0.717, 1.165) is 27.0 Å². The van der Waals surface area contributed by atoms with Crippen molar-refractivity contribution < 1.29 is 0 Å². The zero-order valence-electron chi connectivity index (χ0n) is 9.78. The molecule has 96 valence electrons. The number of aromatic nitrogens is 2. The third-order valence-electron chi connectivity index (χ3n) is 2.91. The molecule has 0 atom stereocenters. The second-order valence-corrected chi connectivity index (χ2v) is 5.67. The molecule has 0 aliphatic rings. The number of benzene rings is 2. The van der Waals surface area contributed by atoms with Crippen LogP contribution in [-0.4, -0.2) is 9.55 Å². The maximum absolute atomic E-state index is 6.19. The first-order valence-corrected chi connectivity index (χ1v) is 7.39. The van der Waals surface area contributed by atoms with Crippen molar-refractivity contribution in [1.29, 1.82) is 0 Å². The van der Waals surface area contributed by atoms with Gasteiger partial charge in [0.25, 0.3) is 0 Å². The monoisotopic (exact) mass is 354 g/mol. The van der Waals surface area contributed by atoms with E-state index < -0.39 is 0 Å². The second kappa shape index (κ2) is 5.16. The lowest BCUT2D eigenvalue weighted by Crippen LogP contribution is -1.98. The van der Waals surface area contributed by atoms with E-state index in [1.54, 1.807) is 0 Å². The van der Waals surface area contributed by atoms with Crippen LogP contribution in [0.5, 0.6) is 0 Å². The van der Waals surface area contributed by atoms with Gasteiger partial charge in [-0.3, -0.25) is 4.57 Å². The number of fused-ring (bicyclic) bond motifs is 1. The predicted molar refractivity (Wildman–Crippen MR) is 83.3 cm³/mol. The Kier molecular flexibility index (Phi) is 3.52. The number of rotatable bonds is 2. The maximum Gasteiger partial charge on any atom is 0.129 e. The first-order chi connectivity index (χ1) is 9.20. The molecule has 0 radical (unpaired) electrons. The van der Waals surface area contributed by atoms with Crippen molar-refractivity contribution in [2.45, 2.75) is 5.88 Å². The fourth-order valence-electron chi connectivity index (χ4n) is 2.08. The number of imidazole rings is 1. The minimum Gasteiger partial charge on any atom is -0.295 e. The van der Waals surface area contributed by atoms with Crippen LogP contribution >= 0.6 is 39.1 Å². The average molecular weight is 356 g/mol. The van der Waals surface area contributed by atoms with E-state index in [1.165, 1.54) is 0 Å². The van der Waals surface area contributed by atoms with Gasteiger partial charge in [0, 0.05) is 10.2 Å². The van der Waals surface area contributed by atoms with Crippen molar-refractivity contribution in [1.82, 2.24) is 9.55 Å². The van der Waals surface area contributed by atoms with Crippen molar-refractivity contribution in [3.63, 3.8) is 0 Å². The molecule has 1 aromatic heterocycles. The van der Waals surface area contributed by atoms with Gasteiger partial charge in [-0.15, -0.1) is 11.6 Å². The first kappa shape index (κ1) is 13.0. The number of nitrogens with zero attached hydrogens (tertiary/aromatic N) is 2. The van der Waals surface area contributed by atoms with Crippen molar-refractivity contribution in [3.8, 4) is 5.69 Å². The smallest absolute Gasteiger partial charge is 0.129 e. The second-order valence-electron chi connectivity index (χ2n) is 4.08. The molecular formula is C14H9BrCl2N2. The van der Waals surface area contributed by atoms with E-state index in [9.17, 15) is 0 Å². The highest BCUT2D eigenvalue weighted by atomic mass is 79.9. The molecule has 0 unspecified atom stereocenters. The molecule has 3 rings (SSSR count). The molecule has 0 aliphatic carbocycles. The Bertz CT molecular complexity index is 735. The van der Waals surface area contributed by atoms with Gasteiger partial charge < -0.3 is 0 Å². The Morgan fingerprint density at radius 3 is 2.53 bits per heavy atom. The van der Waals surface area contributed by atoms with E-state index in [1.807, 2.05) is 47.0 Å². The summed E-state index contributed by atoms with van der Waals surface area (Å²) in [7, 11) is 0. The number of hydrogen-bond acceptors (Lipinski definition) is 1. The summed E-state index contributed by atoms with van der Waals surface area (Å²) in [4.78, 5) is 4.52. The Hall–Kier alpha value is -1.03. The van der Waals surface area contributed by atoms with Crippen LogP contribution < -0.4 is 0 Å². The maximum atomic E-state index is 6.19. The zero-order chi connectivity index (χ0) is 13.4. The first-order valence-electron chi connectivity index (χ1n) is 5.68. The lowest BCUT2D eigenvalue weighted by atomic mass is 10.3. The highest BCUT2D eigenvalue weighted by molar-refractivity contribution is 9.10. The van der Waals surface area contributed by atoms with Gasteiger partial charge in [0.2, 0.25) is 0 Å². The van der Waals surface area contributed by atoms with Crippen LogP contribution in [0.1, 0.15) is 5.82 Å². The normalized spacial score (nSPS) is 11.1. The number of alkyl halides is 1. The van der Waals surface area contributed by atoms with Crippen molar-refractivity contribution in [2.75, 3.05) is 0 Å². The third-order valence-corrected chi connectivity index (χ3v) is 3.98. The quantitative estimate of drug-likeness (QED) is 0.579. The molecule has 19 heavy (non-hydrogen) atoms. The zero-order valence-corrected chi connectivity index (χ0v) is 12.9. The summed E-state index contributed by atoms with van der Waals surface area (Å²) in [5, 5.41) is 0.639. The topological polar surface area (TPSA) is 17.8 Å². The Morgan fingerprint density at radius 2 is 1.84 bits per heavy atom. The Labute approximate surface area is 129 Å². The molecule has 0 aliphatic heterocycles. The molecule has 0 fully saturated rings. The summed E-state index contributed by atoms with van der Waals surface area (Å²) >= 11 is 15.6. The van der Waals surface area contributed by atoms with Crippen molar-refractivity contribution >= 4 is 50.2 Å². The molecule has 0 N–H and O–H groups in total. The van der Waals surface area contributed by atoms with E-state index in [0.29, 0.717) is 10.9 Å². The van der Waals surface area contributed by atoms with Crippen LogP contribution in [0.3, 0.4) is 0 Å². The molecule has 0 spiro atoms. The molecule has 2 nitrogen and oxygen atoms in total. The molecule has 3 aromatic rings. The van der Waals surface area contributed by atoms with Gasteiger partial charge in [0.15, 0.2) is 0 Å². The Balaban J connectivity index is 2.32. The van der Waals surface area contributed by atoms with Crippen molar-refractivity contribution in [2.24, 2.45) is 0 Å². The van der Waals surface area contributed by atoms with Gasteiger partial charge >= 0.3 is 0 Å². The van der Waals surface area contributed by atoms with Gasteiger partial charge in [0.05, 0.1) is 16.4 Å². The standard InChI is InChI=1S/C14H9BrCl2N2/c15-9-4-6-10(7-5-9)19-12-3-1-2-11(17)14(12)18-13(19)8-16/h1-7H,8H2. The molecule has 0 saturated carbocycles.